The van der Waals surface area contributed by atoms with Gasteiger partial charge in [-0.05, 0) is 49.3 Å². The first kappa shape index (κ1) is 22.9. The molecule has 1 saturated heterocycles. The van der Waals surface area contributed by atoms with Gasteiger partial charge in [0.15, 0.2) is 11.5 Å². The van der Waals surface area contributed by atoms with Crippen molar-refractivity contribution in [1.29, 1.82) is 0 Å². The summed E-state index contributed by atoms with van der Waals surface area (Å²) in [7, 11) is 1.63. The molecule has 168 valence electrons. The number of rotatable bonds is 9. The van der Waals surface area contributed by atoms with Gasteiger partial charge < -0.3 is 24.6 Å². The molecule has 5 unspecified atom stereocenters. The summed E-state index contributed by atoms with van der Waals surface area (Å²) in [5, 5.41) is 21.1. The fourth-order valence-corrected chi connectivity index (χ4v) is 4.26. The molecule has 1 heterocycles. The largest absolute Gasteiger partial charge is 0.493 e. The molecule has 0 spiro atoms. The van der Waals surface area contributed by atoms with E-state index in [4.69, 9.17) is 9.47 Å². The Morgan fingerprint density at radius 3 is 2.53 bits per heavy atom. The van der Waals surface area contributed by atoms with Crippen molar-refractivity contribution in [2.45, 2.75) is 65.1 Å². The van der Waals surface area contributed by atoms with Crippen LogP contribution in [0.25, 0.3) is 0 Å². The van der Waals surface area contributed by atoms with Gasteiger partial charge in [-0.15, -0.1) is 0 Å². The van der Waals surface area contributed by atoms with Crippen LogP contribution in [0.5, 0.6) is 11.5 Å². The lowest BCUT2D eigenvalue weighted by atomic mass is 9.72. The molecule has 1 aliphatic carbocycles. The third kappa shape index (κ3) is 4.59. The Morgan fingerprint density at radius 1 is 1.27 bits per heavy atom. The molecule has 1 aliphatic heterocycles. The van der Waals surface area contributed by atoms with Crippen LogP contribution in [0, 0.1) is 17.3 Å². The molecule has 5 atom stereocenters. The first-order valence-electron chi connectivity index (χ1n) is 11.2. The van der Waals surface area contributed by atoms with E-state index in [2.05, 4.69) is 0 Å². The number of aliphatic hydroxyl groups is 2. The van der Waals surface area contributed by atoms with Crippen LogP contribution >= 0.6 is 0 Å². The number of nitrogens with zero attached hydrogens (tertiary/aromatic N) is 1. The van der Waals surface area contributed by atoms with E-state index in [1.807, 2.05) is 39.0 Å². The van der Waals surface area contributed by atoms with Crippen molar-refractivity contribution in [3.8, 4) is 11.5 Å². The van der Waals surface area contributed by atoms with Crippen molar-refractivity contribution >= 4 is 5.91 Å². The highest BCUT2D eigenvalue weighted by Gasteiger charge is 2.49. The molecule has 1 aromatic rings. The summed E-state index contributed by atoms with van der Waals surface area (Å²) in [4.78, 5) is 14.6. The van der Waals surface area contributed by atoms with Gasteiger partial charge in [-0.1, -0.05) is 33.3 Å². The number of amides is 1. The normalized spacial score (nSPS) is 26.9. The molecule has 2 N–H and O–H groups in total. The van der Waals surface area contributed by atoms with Gasteiger partial charge in [0, 0.05) is 24.4 Å². The Hall–Kier alpha value is -1.79. The molecular weight excluding hydrogens is 382 g/mol. The molecule has 6 heteroatoms. The van der Waals surface area contributed by atoms with Gasteiger partial charge in [-0.2, -0.15) is 0 Å². The maximum absolute atomic E-state index is 12.9. The molecule has 6 nitrogen and oxygen atoms in total. The number of hydrogen-bond donors (Lipinski definition) is 2. The maximum atomic E-state index is 12.9. The van der Waals surface area contributed by atoms with Gasteiger partial charge in [0.05, 0.1) is 19.8 Å². The van der Waals surface area contributed by atoms with E-state index in [0.29, 0.717) is 37.1 Å². The Bertz CT molecular complexity index is 747. The minimum Gasteiger partial charge on any atom is -0.493 e. The minimum absolute atomic E-state index is 0.0697. The number of carbonyl (C=O) groups is 1. The van der Waals surface area contributed by atoms with E-state index in [1.165, 1.54) is 12.8 Å². The maximum Gasteiger partial charge on any atom is 0.251 e. The lowest BCUT2D eigenvalue weighted by molar-refractivity contribution is -0.142. The van der Waals surface area contributed by atoms with Gasteiger partial charge >= 0.3 is 0 Å². The number of hydrogen-bond acceptors (Lipinski definition) is 5. The Labute approximate surface area is 180 Å². The average molecular weight is 420 g/mol. The molecule has 1 saturated carbocycles. The van der Waals surface area contributed by atoms with E-state index in [-0.39, 0.29) is 17.7 Å². The second-order valence-electron chi connectivity index (χ2n) is 9.45. The van der Waals surface area contributed by atoms with Crippen molar-refractivity contribution in [1.82, 2.24) is 4.90 Å². The summed E-state index contributed by atoms with van der Waals surface area (Å²) in [5.74, 6) is 1.60. The van der Waals surface area contributed by atoms with Crippen LogP contribution in [0.2, 0.25) is 0 Å². The monoisotopic (exact) mass is 419 g/mol. The van der Waals surface area contributed by atoms with Crippen LogP contribution in [0.15, 0.2) is 18.2 Å². The molecule has 2 aliphatic rings. The standard InChI is InChI=1S/C24H37NO5/c1-6-15(2)22(27)23(28)25-12-19(24(4,14-25)16(3)26)18-9-10-20(29-5)21(11-18)30-13-17-7-8-17/h9-11,15-17,19,22,26-27H,6-8,12-14H2,1-5H3. The summed E-state index contributed by atoms with van der Waals surface area (Å²) in [5.41, 5.74) is 0.492. The Balaban J connectivity index is 1.86. The van der Waals surface area contributed by atoms with Gasteiger partial charge in [0.2, 0.25) is 0 Å². The molecule has 1 amide bonds. The van der Waals surface area contributed by atoms with Crippen molar-refractivity contribution in [3.63, 3.8) is 0 Å². The average Bonchev–Trinajstić information content (AvgIpc) is 3.50. The van der Waals surface area contributed by atoms with Gasteiger partial charge in [-0.25, -0.2) is 0 Å². The topological polar surface area (TPSA) is 79.2 Å². The van der Waals surface area contributed by atoms with Crippen molar-refractivity contribution in [2.24, 2.45) is 17.3 Å². The lowest BCUT2D eigenvalue weighted by Crippen LogP contribution is -2.43. The molecule has 1 aromatic carbocycles. The molecular formula is C24H37NO5. The molecule has 3 rings (SSSR count). The molecule has 30 heavy (non-hydrogen) atoms. The first-order valence-corrected chi connectivity index (χ1v) is 11.2. The molecule has 0 bridgehead atoms. The van der Waals surface area contributed by atoms with Crippen LogP contribution in [0.3, 0.4) is 0 Å². The third-order valence-electron chi connectivity index (χ3n) is 7.19. The number of methoxy groups -OCH3 is 1. The number of benzene rings is 1. The van der Waals surface area contributed by atoms with E-state index < -0.39 is 17.6 Å². The summed E-state index contributed by atoms with van der Waals surface area (Å²) < 4.78 is 11.5. The highest BCUT2D eigenvalue weighted by molar-refractivity contribution is 5.81. The summed E-state index contributed by atoms with van der Waals surface area (Å²) in [6.45, 7) is 9.20. The summed E-state index contributed by atoms with van der Waals surface area (Å²) >= 11 is 0. The van der Waals surface area contributed by atoms with Gasteiger partial charge in [-0.3, -0.25) is 4.79 Å². The van der Waals surface area contributed by atoms with E-state index in [9.17, 15) is 15.0 Å². The van der Waals surface area contributed by atoms with Crippen LogP contribution < -0.4 is 9.47 Å². The van der Waals surface area contributed by atoms with Crippen molar-refractivity contribution < 1.29 is 24.5 Å². The zero-order valence-electron chi connectivity index (χ0n) is 18.9. The second kappa shape index (κ2) is 9.15. The number of likely N-dealkylation sites (tertiary alicyclic amines) is 1. The highest BCUT2D eigenvalue weighted by atomic mass is 16.5. The van der Waals surface area contributed by atoms with Crippen LogP contribution in [-0.4, -0.2) is 60.0 Å². The fraction of sp³-hybridized carbons (Fsp3) is 0.708. The number of carbonyl (C=O) groups excluding carboxylic acids is 1. The summed E-state index contributed by atoms with van der Waals surface area (Å²) in [6, 6.07) is 5.89. The van der Waals surface area contributed by atoms with Gasteiger partial charge in [0.25, 0.3) is 5.91 Å². The van der Waals surface area contributed by atoms with Crippen LogP contribution in [0.4, 0.5) is 0 Å². The zero-order valence-corrected chi connectivity index (χ0v) is 18.9. The highest BCUT2D eigenvalue weighted by Crippen LogP contribution is 2.47. The summed E-state index contributed by atoms with van der Waals surface area (Å²) in [6.07, 6.45) is 1.53. The van der Waals surface area contributed by atoms with E-state index >= 15 is 0 Å². The fourth-order valence-electron chi connectivity index (χ4n) is 4.26. The predicted molar refractivity (Wildman–Crippen MR) is 116 cm³/mol. The minimum atomic E-state index is -1.01. The second-order valence-corrected chi connectivity index (χ2v) is 9.45. The lowest BCUT2D eigenvalue weighted by Gasteiger charge is -2.34. The number of ether oxygens (including phenoxy) is 2. The molecule has 2 fully saturated rings. The predicted octanol–water partition coefficient (Wildman–Crippen LogP) is 3.20. The quantitative estimate of drug-likeness (QED) is 0.643. The van der Waals surface area contributed by atoms with E-state index in [0.717, 1.165) is 12.0 Å². The van der Waals surface area contributed by atoms with Crippen molar-refractivity contribution in [2.75, 3.05) is 26.8 Å². The van der Waals surface area contributed by atoms with Crippen LogP contribution in [-0.2, 0) is 4.79 Å². The van der Waals surface area contributed by atoms with Crippen molar-refractivity contribution in [3.05, 3.63) is 23.8 Å². The van der Waals surface area contributed by atoms with E-state index in [1.54, 1.807) is 18.9 Å². The smallest absolute Gasteiger partial charge is 0.251 e. The van der Waals surface area contributed by atoms with Crippen LogP contribution in [0.1, 0.15) is 58.4 Å². The third-order valence-corrected chi connectivity index (χ3v) is 7.19. The Morgan fingerprint density at radius 2 is 1.97 bits per heavy atom. The first-order chi connectivity index (χ1) is 14.2. The molecule has 0 radical (unpaired) electrons. The Kier molecular flexibility index (Phi) is 6.98. The number of aliphatic hydroxyl groups excluding tert-OH is 2. The van der Waals surface area contributed by atoms with Gasteiger partial charge in [0.1, 0.15) is 6.10 Å². The zero-order chi connectivity index (χ0) is 22.1. The molecule has 0 aromatic heterocycles. The SMILES string of the molecule is CCC(C)C(O)C(=O)N1CC(c2ccc(OC)c(OCC3CC3)c2)C(C)(C(C)O)C1.